The van der Waals surface area contributed by atoms with E-state index in [1.54, 1.807) is 0 Å². The van der Waals surface area contributed by atoms with Crippen molar-refractivity contribution in [2.24, 2.45) is 0 Å². The van der Waals surface area contributed by atoms with E-state index in [-0.39, 0.29) is 17.4 Å². The van der Waals surface area contributed by atoms with Crippen LogP contribution in [-0.4, -0.2) is 26.9 Å². The molecule has 0 saturated heterocycles. The summed E-state index contributed by atoms with van der Waals surface area (Å²) in [7, 11) is 0. The molecule has 6 heteroatoms. The van der Waals surface area contributed by atoms with Gasteiger partial charge in [-0.05, 0) is 13.8 Å². The number of rotatable bonds is 1. The first-order chi connectivity index (χ1) is 6.11. The Labute approximate surface area is 73.5 Å². The normalized spacial score (nSPS) is 15.0. The standard InChI is InChI=1S/C7H7N3O3/c1-3(2)10-5-4(8-9-10)6(11)13-7(5)12/h3H,1-2H3. The zero-order chi connectivity index (χ0) is 9.59. The summed E-state index contributed by atoms with van der Waals surface area (Å²) in [6.07, 6.45) is 0. The van der Waals surface area contributed by atoms with E-state index < -0.39 is 11.9 Å². The Hall–Kier alpha value is -1.72. The molecule has 0 atom stereocenters. The molecule has 0 bridgehead atoms. The number of fused-ring (bicyclic) bond motifs is 1. The van der Waals surface area contributed by atoms with E-state index in [9.17, 15) is 9.59 Å². The van der Waals surface area contributed by atoms with Gasteiger partial charge < -0.3 is 4.74 Å². The van der Waals surface area contributed by atoms with Gasteiger partial charge in [-0.2, -0.15) is 0 Å². The SMILES string of the molecule is CC(C)n1nnc2c1C(=O)OC2=O. The number of carbonyl (C=O) groups is 2. The van der Waals surface area contributed by atoms with Crippen LogP contribution < -0.4 is 0 Å². The van der Waals surface area contributed by atoms with Gasteiger partial charge in [-0.25, -0.2) is 14.3 Å². The summed E-state index contributed by atoms with van der Waals surface area (Å²) in [5.74, 6) is -1.38. The number of hydrogen-bond acceptors (Lipinski definition) is 5. The largest absolute Gasteiger partial charge is 0.383 e. The fraction of sp³-hybridized carbons (Fsp3) is 0.429. The van der Waals surface area contributed by atoms with Gasteiger partial charge >= 0.3 is 11.9 Å². The predicted molar refractivity (Wildman–Crippen MR) is 40.2 cm³/mol. The molecule has 1 aliphatic rings. The minimum absolute atomic E-state index is 0.0127. The Morgan fingerprint density at radius 2 is 2.00 bits per heavy atom. The van der Waals surface area contributed by atoms with E-state index in [4.69, 9.17) is 0 Å². The third-order valence-corrected chi connectivity index (χ3v) is 1.76. The molecule has 0 aromatic carbocycles. The second-order valence-electron chi connectivity index (χ2n) is 3.00. The molecule has 1 aliphatic heterocycles. The average Bonchev–Trinajstić information content (AvgIpc) is 2.55. The highest BCUT2D eigenvalue weighted by molar-refractivity contribution is 6.12. The molecule has 0 aliphatic carbocycles. The van der Waals surface area contributed by atoms with Gasteiger partial charge in [-0.15, -0.1) is 5.10 Å². The Kier molecular flexibility index (Phi) is 1.45. The lowest BCUT2D eigenvalue weighted by Gasteiger charge is -2.04. The fourth-order valence-corrected chi connectivity index (χ4v) is 1.16. The molecule has 2 heterocycles. The van der Waals surface area contributed by atoms with Gasteiger partial charge in [-0.3, -0.25) is 0 Å². The van der Waals surface area contributed by atoms with Gasteiger partial charge in [0, 0.05) is 6.04 Å². The molecule has 68 valence electrons. The van der Waals surface area contributed by atoms with Gasteiger partial charge in [0.05, 0.1) is 0 Å². The van der Waals surface area contributed by atoms with Crippen molar-refractivity contribution in [1.29, 1.82) is 0 Å². The molecule has 13 heavy (non-hydrogen) atoms. The molecule has 0 amide bonds. The topological polar surface area (TPSA) is 74.1 Å². The molecule has 0 fully saturated rings. The number of hydrogen-bond donors (Lipinski definition) is 0. The van der Waals surface area contributed by atoms with E-state index in [0.717, 1.165) is 0 Å². The maximum atomic E-state index is 11.1. The molecule has 2 rings (SSSR count). The summed E-state index contributed by atoms with van der Waals surface area (Å²) in [5.41, 5.74) is 0.165. The first-order valence-corrected chi connectivity index (χ1v) is 3.83. The zero-order valence-electron chi connectivity index (χ0n) is 7.14. The first kappa shape index (κ1) is 7.90. The molecule has 0 saturated carbocycles. The molecule has 0 unspecified atom stereocenters. The van der Waals surface area contributed by atoms with Crippen molar-refractivity contribution in [1.82, 2.24) is 15.0 Å². The summed E-state index contributed by atoms with van der Waals surface area (Å²) in [5, 5.41) is 7.25. The third kappa shape index (κ3) is 0.947. The maximum absolute atomic E-state index is 11.1. The molecule has 0 spiro atoms. The highest BCUT2D eigenvalue weighted by atomic mass is 16.6. The molecule has 1 aromatic rings. The zero-order valence-corrected chi connectivity index (χ0v) is 7.14. The van der Waals surface area contributed by atoms with Crippen LogP contribution in [0.25, 0.3) is 0 Å². The Balaban J connectivity index is 2.61. The van der Waals surface area contributed by atoms with Crippen LogP contribution in [0.5, 0.6) is 0 Å². The lowest BCUT2D eigenvalue weighted by molar-refractivity contribution is 0.0431. The second-order valence-corrected chi connectivity index (χ2v) is 3.00. The van der Waals surface area contributed by atoms with Crippen LogP contribution in [0.15, 0.2) is 0 Å². The van der Waals surface area contributed by atoms with E-state index in [1.807, 2.05) is 13.8 Å². The molecule has 6 nitrogen and oxygen atoms in total. The number of carbonyl (C=O) groups excluding carboxylic acids is 2. The van der Waals surface area contributed by atoms with Gasteiger partial charge in [0.25, 0.3) is 0 Å². The van der Waals surface area contributed by atoms with Crippen molar-refractivity contribution in [2.75, 3.05) is 0 Å². The predicted octanol–water partition coefficient (Wildman–Crippen LogP) is 0.170. The highest BCUT2D eigenvalue weighted by Gasteiger charge is 2.37. The van der Waals surface area contributed by atoms with Crippen molar-refractivity contribution >= 4 is 11.9 Å². The van der Waals surface area contributed by atoms with E-state index in [0.29, 0.717) is 0 Å². The minimum Gasteiger partial charge on any atom is -0.383 e. The van der Waals surface area contributed by atoms with Crippen molar-refractivity contribution < 1.29 is 14.3 Å². The number of aromatic nitrogens is 3. The van der Waals surface area contributed by atoms with E-state index in [2.05, 4.69) is 15.0 Å². The molecular weight excluding hydrogens is 174 g/mol. The Morgan fingerprint density at radius 3 is 2.62 bits per heavy atom. The van der Waals surface area contributed by atoms with Gasteiger partial charge in [0.15, 0.2) is 5.69 Å². The maximum Gasteiger partial charge on any atom is 0.369 e. The average molecular weight is 181 g/mol. The van der Waals surface area contributed by atoms with Crippen LogP contribution in [0.1, 0.15) is 40.9 Å². The van der Waals surface area contributed by atoms with Crippen LogP contribution >= 0.6 is 0 Å². The van der Waals surface area contributed by atoms with Crippen LogP contribution in [0.2, 0.25) is 0 Å². The Morgan fingerprint density at radius 1 is 1.31 bits per heavy atom. The van der Waals surface area contributed by atoms with Crippen molar-refractivity contribution in [3.05, 3.63) is 11.4 Å². The summed E-state index contributed by atoms with van der Waals surface area (Å²) in [4.78, 5) is 22.1. The third-order valence-electron chi connectivity index (χ3n) is 1.76. The van der Waals surface area contributed by atoms with E-state index in [1.165, 1.54) is 4.68 Å². The summed E-state index contributed by atoms with van der Waals surface area (Å²) in [6, 6.07) is -0.0188. The van der Waals surface area contributed by atoms with Crippen LogP contribution in [0.4, 0.5) is 0 Å². The fourth-order valence-electron chi connectivity index (χ4n) is 1.16. The molecule has 0 N–H and O–H groups in total. The number of esters is 2. The first-order valence-electron chi connectivity index (χ1n) is 3.83. The molecule has 1 aromatic heterocycles. The Bertz CT molecular complexity index is 394. The summed E-state index contributed by atoms with van der Waals surface area (Å²) < 4.78 is 5.74. The summed E-state index contributed by atoms with van der Waals surface area (Å²) in [6.45, 7) is 3.68. The monoisotopic (exact) mass is 181 g/mol. The van der Waals surface area contributed by atoms with Crippen LogP contribution in [-0.2, 0) is 4.74 Å². The molecular formula is C7H7N3O3. The van der Waals surface area contributed by atoms with Crippen LogP contribution in [0.3, 0.4) is 0 Å². The van der Waals surface area contributed by atoms with Crippen molar-refractivity contribution in [3.63, 3.8) is 0 Å². The van der Waals surface area contributed by atoms with E-state index >= 15 is 0 Å². The highest BCUT2D eigenvalue weighted by Crippen LogP contribution is 2.19. The second kappa shape index (κ2) is 2.38. The number of nitrogens with zero attached hydrogens (tertiary/aromatic N) is 3. The lowest BCUT2D eigenvalue weighted by atomic mass is 10.3. The number of ether oxygens (including phenoxy) is 1. The van der Waals surface area contributed by atoms with Gasteiger partial charge in [-0.1, -0.05) is 5.21 Å². The van der Waals surface area contributed by atoms with Gasteiger partial charge in [0.1, 0.15) is 0 Å². The lowest BCUT2D eigenvalue weighted by Crippen LogP contribution is -2.11. The quantitative estimate of drug-likeness (QED) is 0.456. The van der Waals surface area contributed by atoms with Crippen LogP contribution in [0, 0.1) is 0 Å². The minimum atomic E-state index is -0.716. The summed E-state index contributed by atoms with van der Waals surface area (Å²) >= 11 is 0. The van der Waals surface area contributed by atoms with Crippen molar-refractivity contribution in [3.8, 4) is 0 Å². The smallest absolute Gasteiger partial charge is 0.369 e. The molecule has 0 radical (unpaired) electrons. The van der Waals surface area contributed by atoms with Crippen molar-refractivity contribution in [2.45, 2.75) is 19.9 Å². The number of cyclic esters (lactones) is 2. The van der Waals surface area contributed by atoms with Gasteiger partial charge in [0.2, 0.25) is 5.69 Å².